The third kappa shape index (κ3) is 3.92. The fourth-order valence-corrected chi connectivity index (χ4v) is 2.18. The lowest BCUT2D eigenvalue weighted by Gasteiger charge is -2.14. The highest BCUT2D eigenvalue weighted by Crippen LogP contribution is 2.40. The van der Waals surface area contributed by atoms with Crippen molar-refractivity contribution < 1.29 is 13.9 Å². The second-order valence-electron chi connectivity index (χ2n) is 5.75. The molecule has 5 nitrogen and oxygen atoms in total. The molecular weight excluding hydrogens is 302 g/mol. The van der Waals surface area contributed by atoms with E-state index in [0.29, 0.717) is 17.7 Å². The van der Waals surface area contributed by atoms with E-state index in [1.807, 2.05) is 0 Å². The molecule has 0 unspecified atom stereocenters. The van der Waals surface area contributed by atoms with Gasteiger partial charge in [0.05, 0.1) is 18.0 Å². The molecule has 1 heterocycles. The van der Waals surface area contributed by atoms with Gasteiger partial charge >= 0.3 is 0 Å². The molecule has 1 aromatic carbocycles. The molecule has 0 spiro atoms. The Morgan fingerprint density at radius 1 is 1.26 bits per heavy atom. The van der Waals surface area contributed by atoms with Gasteiger partial charge in [-0.15, -0.1) is 0 Å². The first-order valence-electron chi connectivity index (χ1n) is 7.53. The van der Waals surface area contributed by atoms with Crippen LogP contribution >= 0.6 is 0 Å². The first-order valence-corrected chi connectivity index (χ1v) is 7.53. The number of halogens is 2. The minimum Gasteiger partial charge on any atom is -0.394 e. The van der Waals surface area contributed by atoms with E-state index in [9.17, 15) is 8.78 Å². The molecule has 0 radical (unpaired) electrons. The third-order valence-electron chi connectivity index (χ3n) is 3.58. The number of nitrogens with zero attached hydrogens (tertiary/aromatic N) is 2. The second-order valence-corrected chi connectivity index (χ2v) is 5.75. The maximum absolute atomic E-state index is 13.8. The predicted octanol–water partition coefficient (Wildman–Crippen LogP) is 3.17. The lowest BCUT2D eigenvalue weighted by atomic mass is 10.2. The van der Waals surface area contributed by atoms with Crippen LogP contribution in [0, 0.1) is 11.6 Å². The highest BCUT2D eigenvalue weighted by atomic mass is 19.1. The van der Waals surface area contributed by atoms with Crippen LogP contribution in [0.25, 0.3) is 0 Å². The van der Waals surface area contributed by atoms with Crippen molar-refractivity contribution >= 4 is 17.5 Å². The Labute approximate surface area is 132 Å². The van der Waals surface area contributed by atoms with Crippen molar-refractivity contribution in [3.63, 3.8) is 0 Å². The lowest BCUT2D eigenvalue weighted by molar-refractivity contribution is 0.281. The van der Waals surface area contributed by atoms with Crippen molar-refractivity contribution in [2.24, 2.45) is 0 Å². The summed E-state index contributed by atoms with van der Waals surface area (Å²) in [7, 11) is 0. The fraction of sp³-hybridized carbons (Fsp3) is 0.375. The molecule has 122 valence electrons. The molecule has 23 heavy (non-hydrogen) atoms. The molecule has 2 aromatic rings. The van der Waals surface area contributed by atoms with Crippen molar-refractivity contribution in [1.29, 1.82) is 0 Å². The van der Waals surface area contributed by atoms with E-state index in [0.717, 1.165) is 24.6 Å². The molecule has 1 fully saturated rings. The SMILES string of the molecule is C[C@H](CO)Nc1nc(Nc2ccc(F)cc2F)cc(C2CC2)n1. The summed E-state index contributed by atoms with van der Waals surface area (Å²) in [6, 6.07) is 4.90. The second kappa shape index (κ2) is 6.45. The number of aromatic nitrogens is 2. The maximum atomic E-state index is 13.8. The Hall–Kier alpha value is -2.28. The molecule has 0 saturated heterocycles. The van der Waals surface area contributed by atoms with Gasteiger partial charge in [0.25, 0.3) is 0 Å². The number of anilines is 3. The number of aliphatic hydroxyl groups is 1. The minimum atomic E-state index is -0.685. The standard InChI is InChI=1S/C16H18F2N4O/c1-9(8-23)19-16-21-14(10-2-3-10)7-15(22-16)20-13-5-4-11(17)6-12(13)18/h4-7,9-10,23H,2-3,8H2,1H3,(H2,19,20,21,22)/t9-/m1/s1. The van der Waals surface area contributed by atoms with Crippen molar-refractivity contribution in [1.82, 2.24) is 9.97 Å². The average Bonchev–Trinajstić information content (AvgIpc) is 3.34. The van der Waals surface area contributed by atoms with Gasteiger partial charge in [0, 0.05) is 24.1 Å². The molecular formula is C16H18F2N4O. The molecule has 1 aromatic heterocycles. The summed E-state index contributed by atoms with van der Waals surface area (Å²) >= 11 is 0. The Bertz CT molecular complexity index is 706. The summed E-state index contributed by atoms with van der Waals surface area (Å²) in [4.78, 5) is 8.72. The molecule has 1 aliphatic rings. The van der Waals surface area contributed by atoms with Gasteiger partial charge in [-0.05, 0) is 31.9 Å². The van der Waals surface area contributed by atoms with Gasteiger partial charge in [-0.2, -0.15) is 4.98 Å². The zero-order valence-electron chi connectivity index (χ0n) is 12.7. The molecule has 3 N–H and O–H groups in total. The quantitative estimate of drug-likeness (QED) is 0.763. The normalized spacial score (nSPS) is 15.3. The number of hydrogen-bond donors (Lipinski definition) is 3. The lowest BCUT2D eigenvalue weighted by Crippen LogP contribution is -2.21. The Balaban J connectivity index is 1.87. The highest BCUT2D eigenvalue weighted by Gasteiger charge is 2.26. The van der Waals surface area contributed by atoms with Crippen LogP contribution in [0.5, 0.6) is 0 Å². The Morgan fingerprint density at radius 2 is 2.04 bits per heavy atom. The van der Waals surface area contributed by atoms with E-state index in [2.05, 4.69) is 20.6 Å². The summed E-state index contributed by atoms with van der Waals surface area (Å²) in [5.74, 6) is -0.119. The molecule has 7 heteroatoms. The van der Waals surface area contributed by atoms with Gasteiger partial charge in [0.2, 0.25) is 5.95 Å². The number of nitrogens with one attached hydrogen (secondary N) is 2. The van der Waals surface area contributed by atoms with Crippen LogP contribution in [0.3, 0.4) is 0 Å². The molecule has 0 amide bonds. The van der Waals surface area contributed by atoms with Gasteiger partial charge < -0.3 is 15.7 Å². The van der Waals surface area contributed by atoms with E-state index in [-0.39, 0.29) is 18.3 Å². The van der Waals surface area contributed by atoms with Crippen LogP contribution in [0.15, 0.2) is 24.3 Å². The zero-order valence-corrected chi connectivity index (χ0v) is 12.7. The molecule has 1 saturated carbocycles. The van der Waals surface area contributed by atoms with Crippen LogP contribution < -0.4 is 10.6 Å². The molecule has 1 aliphatic carbocycles. The van der Waals surface area contributed by atoms with Crippen LogP contribution in [0.1, 0.15) is 31.4 Å². The number of rotatable bonds is 6. The first kappa shape index (κ1) is 15.6. The molecule has 3 rings (SSSR count). The predicted molar refractivity (Wildman–Crippen MR) is 83.8 cm³/mol. The monoisotopic (exact) mass is 320 g/mol. The summed E-state index contributed by atoms with van der Waals surface area (Å²) in [5, 5.41) is 15.0. The van der Waals surface area contributed by atoms with Crippen molar-refractivity contribution in [3.05, 3.63) is 41.6 Å². The summed E-state index contributed by atoms with van der Waals surface area (Å²) in [5.41, 5.74) is 1.02. The van der Waals surface area contributed by atoms with Crippen LogP contribution in [-0.2, 0) is 0 Å². The third-order valence-corrected chi connectivity index (χ3v) is 3.58. The maximum Gasteiger partial charge on any atom is 0.225 e. The van der Waals surface area contributed by atoms with Crippen LogP contribution in [-0.4, -0.2) is 27.7 Å². The van der Waals surface area contributed by atoms with E-state index >= 15 is 0 Å². The van der Waals surface area contributed by atoms with E-state index < -0.39 is 11.6 Å². The largest absolute Gasteiger partial charge is 0.394 e. The van der Waals surface area contributed by atoms with Gasteiger partial charge in [-0.3, -0.25) is 0 Å². The van der Waals surface area contributed by atoms with Gasteiger partial charge in [-0.25, -0.2) is 13.8 Å². The molecule has 0 aliphatic heterocycles. The Morgan fingerprint density at radius 3 is 2.70 bits per heavy atom. The van der Waals surface area contributed by atoms with Crippen molar-refractivity contribution in [2.45, 2.75) is 31.7 Å². The number of hydrogen-bond acceptors (Lipinski definition) is 5. The topological polar surface area (TPSA) is 70.1 Å². The molecule has 1 atom stereocenters. The van der Waals surface area contributed by atoms with Gasteiger partial charge in [0.15, 0.2) is 0 Å². The summed E-state index contributed by atoms with van der Waals surface area (Å²) < 4.78 is 26.8. The van der Waals surface area contributed by atoms with E-state index in [4.69, 9.17) is 5.11 Å². The van der Waals surface area contributed by atoms with Crippen LogP contribution in [0.4, 0.5) is 26.2 Å². The van der Waals surface area contributed by atoms with E-state index in [1.165, 1.54) is 12.1 Å². The van der Waals surface area contributed by atoms with Crippen molar-refractivity contribution in [3.8, 4) is 0 Å². The zero-order chi connectivity index (χ0) is 16.4. The van der Waals surface area contributed by atoms with Gasteiger partial charge in [-0.1, -0.05) is 0 Å². The van der Waals surface area contributed by atoms with Crippen LogP contribution in [0.2, 0.25) is 0 Å². The highest BCUT2D eigenvalue weighted by molar-refractivity contribution is 5.58. The summed E-state index contributed by atoms with van der Waals surface area (Å²) in [6.07, 6.45) is 2.13. The summed E-state index contributed by atoms with van der Waals surface area (Å²) in [6.45, 7) is 1.76. The smallest absolute Gasteiger partial charge is 0.225 e. The van der Waals surface area contributed by atoms with Gasteiger partial charge in [0.1, 0.15) is 17.5 Å². The fourth-order valence-electron chi connectivity index (χ4n) is 2.18. The number of aliphatic hydroxyl groups excluding tert-OH is 1. The Kier molecular flexibility index (Phi) is 4.38. The van der Waals surface area contributed by atoms with Crippen molar-refractivity contribution in [2.75, 3.05) is 17.2 Å². The molecule has 0 bridgehead atoms. The average molecular weight is 320 g/mol. The first-order chi connectivity index (χ1) is 11.0. The number of benzene rings is 1. The van der Waals surface area contributed by atoms with E-state index in [1.54, 1.807) is 13.0 Å². The minimum absolute atomic E-state index is 0.0492.